The lowest BCUT2D eigenvalue weighted by Gasteiger charge is -2.13. The molecule has 0 bridgehead atoms. The molecular weight excluding hydrogens is 259 g/mol. The van der Waals surface area contributed by atoms with Gasteiger partial charge in [-0.05, 0) is 29.4 Å². The molecule has 0 fully saturated rings. The third kappa shape index (κ3) is 5.31. The maximum Gasteiger partial charge on any atom is 0.416 e. The average molecular weight is 277 g/mol. The highest BCUT2D eigenvalue weighted by Crippen LogP contribution is 2.29. The van der Waals surface area contributed by atoms with Crippen LogP contribution in [0.4, 0.5) is 13.2 Å². The van der Waals surface area contributed by atoms with Gasteiger partial charge in [0.15, 0.2) is 0 Å². The predicted octanol–water partition coefficient (Wildman–Crippen LogP) is 3.72. The fourth-order valence-electron chi connectivity index (χ4n) is 1.51. The van der Waals surface area contributed by atoms with Crippen molar-refractivity contribution < 1.29 is 13.2 Å². The zero-order valence-electron chi connectivity index (χ0n) is 10.5. The molecule has 1 nitrogen and oxygen atoms in total. The van der Waals surface area contributed by atoms with E-state index in [1.54, 1.807) is 11.8 Å². The molecule has 1 rings (SSSR count). The molecule has 0 heterocycles. The van der Waals surface area contributed by atoms with Gasteiger partial charge in [-0.3, -0.25) is 0 Å². The molecule has 0 spiro atoms. The van der Waals surface area contributed by atoms with Gasteiger partial charge in [0.1, 0.15) is 0 Å². The fraction of sp³-hybridized carbons (Fsp3) is 0.538. The van der Waals surface area contributed by atoms with E-state index in [4.69, 9.17) is 5.73 Å². The summed E-state index contributed by atoms with van der Waals surface area (Å²) in [4.78, 5) is 0. The quantitative estimate of drug-likeness (QED) is 0.887. The van der Waals surface area contributed by atoms with Crippen molar-refractivity contribution in [1.29, 1.82) is 0 Å². The molecule has 0 saturated carbocycles. The highest BCUT2D eigenvalue weighted by atomic mass is 32.2. The third-order valence-electron chi connectivity index (χ3n) is 2.42. The van der Waals surface area contributed by atoms with E-state index in [9.17, 15) is 13.2 Å². The van der Waals surface area contributed by atoms with Gasteiger partial charge < -0.3 is 5.73 Å². The molecule has 1 aromatic rings. The molecule has 2 N–H and O–H groups in total. The van der Waals surface area contributed by atoms with E-state index in [0.717, 1.165) is 23.4 Å². The van der Waals surface area contributed by atoms with Crippen LogP contribution in [0.5, 0.6) is 0 Å². The zero-order chi connectivity index (χ0) is 13.8. The number of benzene rings is 1. The molecule has 0 aliphatic rings. The number of rotatable bonds is 5. The minimum Gasteiger partial charge on any atom is -0.327 e. The molecule has 102 valence electrons. The van der Waals surface area contributed by atoms with Gasteiger partial charge in [-0.2, -0.15) is 24.9 Å². The summed E-state index contributed by atoms with van der Waals surface area (Å²) in [5, 5.41) is 0.517. The smallest absolute Gasteiger partial charge is 0.327 e. The van der Waals surface area contributed by atoms with Crippen LogP contribution in [0.25, 0.3) is 0 Å². The molecule has 1 atom stereocenters. The fourth-order valence-corrected chi connectivity index (χ4v) is 2.26. The molecule has 0 aliphatic carbocycles. The van der Waals surface area contributed by atoms with Crippen LogP contribution < -0.4 is 5.73 Å². The van der Waals surface area contributed by atoms with Crippen molar-refractivity contribution in [3.8, 4) is 0 Å². The van der Waals surface area contributed by atoms with Crippen LogP contribution in [0.2, 0.25) is 0 Å². The second kappa shape index (κ2) is 6.48. The lowest BCUT2D eigenvalue weighted by molar-refractivity contribution is -0.137. The minimum atomic E-state index is -4.27. The Hall–Kier alpha value is -0.680. The van der Waals surface area contributed by atoms with Crippen LogP contribution in [-0.2, 0) is 12.6 Å². The van der Waals surface area contributed by atoms with Gasteiger partial charge in [-0.15, -0.1) is 0 Å². The third-order valence-corrected chi connectivity index (χ3v) is 3.71. The maximum atomic E-state index is 12.4. The maximum absolute atomic E-state index is 12.4. The first-order valence-electron chi connectivity index (χ1n) is 5.82. The van der Waals surface area contributed by atoms with E-state index in [1.807, 2.05) is 0 Å². The molecule has 5 heteroatoms. The second-order valence-corrected chi connectivity index (χ2v) is 6.15. The van der Waals surface area contributed by atoms with Crippen molar-refractivity contribution in [3.63, 3.8) is 0 Å². The van der Waals surface area contributed by atoms with Gasteiger partial charge in [0.25, 0.3) is 0 Å². The van der Waals surface area contributed by atoms with Gasteiger partial charge in [0.2, 0.25) is 0 Å². The highest BCUT2D eigenvalue weighted by molar-refractivity contribution is 7.99. The predicted molar refractivity (Wildman–Crippen MR) is 70.7 cm³/mol. The lowest BCUT2D eigenvalue weighted by atomic mass is 10.1. The topological polar surface area (TPSA) is 26.0 Å². The summed E-state index contributed by atoms with van der Waals surface area (Å²) >= 11 is 1.76. The van der Waals surface area contributed by atoms with E-state index in [2.05, 4.69) is 13.8 Å². The van der Waals surface area contributed by atoms with Gasteiger partial charge >= 0.3 is 6.18 Å². The number of thioether (sulfide) groups is 1. The van der Waals surface area contributed by atoms with Crippen LogP contribution in [0, 0.1) is 0 Å². The summed E-state index contributed by atoms with van der Waals surface area (Å²) in [7, 11) is 0. The first-order chi connectivity index (χ1) is 8.29. The van der Waals surface area contributed by atoms with E-state index >= 15 is 0 Å². The molecule has 18 heavy (non-hydrogen) atoms. The molecule has 0 saturated heterocycles. The van der Waals surface area contributed by atoms with Crippen molar-refractivity contribution in [1.82, 2.24) is 0 Å². The molecule has 1 aromatic carbocycles. The molecule has 0 amide bonds. The van der Waals surface area contributed by atoms with Crippen molar-refractivity contribution in [3.05, 3.63) is 35.4 Å². The van der Waals surface area contributed by atoms with E-state index in [0.29, 0.717) is 11.7 Å². The normalized spacial score (nSPS) is 13.9. The summed E-state index contributed by atoms with van der Waals surface area (Å²) in [5.74, 6) is 0.818. The molecule has 0 aliphatic heterocycles. The minimum absolute atomic E-state index is 0.0193. The van der Waals surface area contributed by atoms with Crippen LogP contribution >= 0.6 is 11.8 Å². The van der Waals surface area contributed by atoms with Crippen molar-refractivity contribution >= 4 is 11.8 Å². The monoisotopic (exact) mass is 277 g/mol. The second-order valence-electron chi connectivity index (χ2n) is 4.54. The standard InChI is InChI=1S/C13H18F3NS/c1-9(2)18-8-12(17)7-10-3-5-11(6-4-10)13(14,15)16/h3-6,9,12H,7-8,17H2,1-2H3. The van der Waals surface area contributed by atoms with Crippen molar-refractivity contribution in [2.75, 3.05) is 5.75 Å². The molecule has 0 radical (unpaired) electrons. The van der Waals surface area contributed by atoms with Crippen molar-refractivity contribution in [2.45, 2.75) is 37.7 Å². The Balaban J connectivity index is 2.53. The highest BCUT2D eigenvalue weighted by Gasteiger charge is 2.29. The van der Waals surface area contributed by atoms with E-state index in [1.165, 1.54) is 12.1 Å². The lowest BCUT2D eigenvalue weighted by Crippen LogP contribution is -2.26. The van der Waals surface area contributed by atoms with E-state index in [-0.39, 0.29) is 6.04 Å². The summed E-state index contributed by atoms with van der Waals surface area (Å²) in [6.45, 7) is 4.19. The van der Waals surface area contributed by atoms with Crippen LogP contribution in [0.1, 0.15) is 25.0 Å². The Morgan fingerprint density at radius 1 is 1.17 bits per heavy atom. The Labute approximate surface area is 110 Å². The molecular formula is C13H18F3NS. The average Bonchev–Trinajstić information content (AvgIpc) is 2.26. The Kier molecular flexibility index (Phi) is 5.53. The van der Waals surface area contributed by atoms with Gasteiger partial charge in [-0.1, -0.05) is 26.0 Å². The summed E-state index contributed by atoms with van der Waals surface area (Å²) in [6.07, 6.45) is -3.66. The summed E-state index contributed by atoms with van der Waals surface area (Å²) < 4.78 is 37.1. The number of hydrogen-bond acceptors (Lipinski definition) is 2. The molecule has 1 unspecified atom stereocenters. The largest absolute Gasteiger partial charge is 0.416 e. The summed E-state index contributed by atoms with van der Waals surface area (Å²) in [6, 6.07) is 5.20. The number of alkyl halides is 3. The molecule has 0 aromatic heterocycles. The Morgan fingerprint density at radius 2 is 1.72 bits per heavy atom. The van der Waals surface area contributed by atoms with Crippen LogP contribution in [0.15, 0.2) is 24.3 Å². The van der Waals surface area contributed by atoms with Crippen LogP contribution in [0.3, 0.4) is 0 Å². The SMILES string of the molecule is CC(C)SCC(N)Cc1ccc(C(F)(F)F)cc1. The van der Waals surface area contributed by atoms with Crippen molar-refractivity contribution in [2.24, 2.45) is 5.73 Å². The Morgan fingerprint density at radius 3 is 2.17 bits per heavy atom. The zero-order valence-corrected chi connectivity index (χ0v) is 11.3. The first-order valence-corrected chi connectivity index (χ1v) is 6.87. The Bertz CT molecular complexity index is 359. The van der Waals surface area contributed by atoms with Gasteiger partial charge in [0, 0.05) is 11.8 Å². The first kappa shape index (κ1) is 15.4. The number of halogens is 3. The number of hydrogen-bond donors (Lipinski definition) is 1. The van der Waals surface area contributed by atoms with Gasteiger partial charge in [-0.25, -0.2) is 0 Å². The van der Waals surface area contributed by atoms with Gasteiger partial charge in [0.05, 0.1) is 5.56 Å². The van der Waals surface area contributed by atoms with Crippen LogP contribution in [-0.4, -0.2) is 17.0 Å². The van der Waals surface area contributed by atoms with E-state index < -0.39 is 11.7 Å². The number of nitrogens with two attached hydrogens (primary N) is 1. The summed E-state index contributed by atoms with van der Waals surface area (Å²) in [5.41, 5.74) is 6.17.